The lowest BCUT2D eigenvalue weighted by Crippen LogP contribution is -2.35. The molecule has 2 rings (SSSR count). The quantitative estimate of drug-likeness (QED) is 0.772. The van der Waals surface area contributed by atoms with Gasteiger partial charge in [-0.05, 0) is 38.3 Å². The van der Waals surface area contributed by atoms with Gasteiger partial charge in [-0.1, -0.05) is 30.2 Å². The third-order valence-corrected chi connectivity index (χ3v) is 3.21. The number of benzene rings is 1. The van der Waals surface area contributed by atoms with E-state index in [2.05, 4.69) is 56.9 Å². The predicted molar refractivity (Wildman–Crippen MR) is 72.7 cm³/mol. The van der Waals surface area contributed by atoms with Crippen molar-refractivity contribution in [2.45, 2.75) is 45.6 Å². The van der Waals surface area contributed by atoms with E-state index in [0.717, 1.165) is 12.8 Å². The Labute approximate surface area is 104 Å². The van der Waals surface area contributed by atoms with Crippen molar-refractivity contribution >= 4 is 0 Å². The smallest absolute Gasteiger partial charge is 0.0247 e. The minimum absolute atomic E-state index is 0.0806. The molecular weight excluding hydrogens is 206 g/mol. The molecule has 2 atom stereocenters. The molecule has 17 heavy (non-hydrogen) atoms. The van der Waals surface area contributed by atoms with Crippen LogP contribution in [0.4, 0.5) is 0 Å². The molecule has 2 N–H and O–H groups in total. The van der Waals surface area contributed by atoms with Gasteiger partial charge in [0, 0.05) is 23.8 Å². The summed E-state index contributed by atoms with van der Waals surface area (Å²) in [6.07, 6.45) is 1.92. The highest BCUT2D eigenvalue weighted by Crippen LogP contribution is 2.37. The van der Waals surface area contributed by atoms with Gasteiger partial charge in [-0.2, -0.15) is 0 Å². The van der Waals surface area contributed by atoms with Crippen molar-refractivity contribution in [3.05, 3.63) is 35.4 Å². The van der Waals surface area contributed by atoms with Crippen molar-refractivity contribution in [2.75, 3.05) is 0 Å². The molecule has 90 valence electrons. The van der Waals surface area contributed by atoms with Crippen LogP contribution in [0.15, 0.2) is 24.3 Å². The number of fused-ring (bicyclic) bond motifs is 1. The Bertz CT molecular complexity index is 456. The fourth-order valence-corrected chi connectivity index (χ4v) is 2.26. The van der Waals surface area contributed by atoms with E-state index < -0.39 is 0 Å². The van der Waals surface area contributed by atoms with Crippen molar-refractivity contribution in [3.8, 4) is 11.8 Å². The number of hydrogen-bond acceptors (Lipinski definition) is 1. The minimum atomic E-state index is 0.0806. The summed E-state index contributed by atoms with van der Waals surface area (Å²) in [5.41, 5.74) is 9.18. The van der Waals surface area contributed by atoms with E-state index in [-0.39, 0.29) is 11.5 Å². The molecule has 1 aromatic carbocycles. The van der Waals surface area contributed by atoms with Crippen LogP contribution in [0, 0.1) is 17.3 Å². The average Bonchev–Trinajstić information content (AvgIpc) is 2.18. The summed E-state index contributed by atoms with van der Waals surface area (Å²) in [5.74, 6) is 6.99. The summed E-state index contributed by atoms with van der Waals surface area (Å²) in [7, 11) is 0. The predicted octanol–water partition coefficient (Wildman–Crippen LogP) is 3.09. The molecule has 0 radical (unpaired) electrons. The molecule has 0 spiro atoms. The van der Waals surface area contributed by atoms with Crippen molar-refractivity contribution in [1.82, 2.24) is 0 Å². The summed E-state index contributed by atoms with van der Waals surface area (Å²) >= 11 is 0. The Morgan fingerprint density at radius 1 is 1.35 bits per heavy atom. The first-order valence-corrected chi connectivity index (χ1v) is 6.31. The molecular formula is C16H21N. The maximum absolute atomic E-state index is 6.22. The normalized spacial score (nSPS) is 19.6. The van der Waals surface area contributed by atoms with Crippen LogP contribution in [0.1, 0.15) is 44.2 Å². The van der Waals surface area contributed by atoms with Crippen molar-refractivity contribution in [3.63, 3.8) is 0 Å². The van der Waals surface area contributed by atoms with Gasteiger partial charge in [0.2, 0.25) is 0 Å². The van der Waals surface area contributed by atoms with Gasteiger partial charge in [0.1, 0.15) is 0 Å². The SMILES string of the molecule is CC(C)(C)C#CCC(N)C1Cc2ccccc21. The third kappa shape index (κ3) is 2.90. The van der Waals surface area contributed by atoms with Crippen molar-refractivity contribution in [2.24, 2.45) is 11.1 Å². The molecule has 0 heterocycles. The summed E-state index contributed by atoms with van der Waals surface area (Å²) in [5, 5.41) is 0. The fraction of sp³-hybridized carbons (Fsp3) is 0.500. The fourth-order valence-electron chi connectivity index (χ4n) is 2.26. The Morgan fingerprint density at radius 2 is 2.06 bits per heavy atom. The minimum Gasteiger partial charge on any atom is -0.326 e. The second-order valence-corrected chi connectivity index (χ2v) is 5.93. The highest BCUT2D eigenvalue weighted by molar-refractivity contribution is 5.41. The number of rotatable bonds is 2. The van der Waals surface area contributed by atoms with Gasteiger partial charge in [0.25, 0.3) is 0 Å². The van der Waals surface area contributed by atoms with E-state index in [1.807, 2.05) is 0 Å². The monoisotopic (exact) mass is 227 g/mol. The van der Waals surface area contributed by atoms with Crippen LogP contribution < -0.4 is 5.73 Å². The molecule has 0 amide bonds. The zero-order valence-electron chi connectivity index (χ0n) is 11.0. The van der Waals surface area contributed by atoms with E-state index in [9.17, 15) is 0 Å². The molecule has 1 aromatic rings. The van der Waals surface area contributed by atoms with Crippen LogP contribution in [0.5, 0.6) is 0 Å². The molecule has 1 heteroatoms. The summed E-state index contributed by atoms with van der Waals surface area (Å²) in [6, 6.07) is 8.76. The van der Waals surface area contributed by atoms with E-state index in [1.165, 1.54) is 11.1 Å². The van der Waals surface area contributed by atoms with Gasteiger partial charge in [0.15, 0.2) is 0 Å². The van der Waals surface area contributed by atoms with Crippen LogP contribution >= 0.6 is 0 Å². The van der Waals surface area contributed by atoms with Crippen molar-refractivity contribution in [1.29, 1.82) is 0 Å². The summed E-state index contributed by atoms with van der Waals surface area (Å²) in [4.78, 5) is 0. The molecule has 0 fully saturated rings. The van der Waals surface area contributed by atoms with Gasteiger partial charge in [0.05, 0.1) is 0 Å². The maximum Gasteiger partial charge on any atom is 0.0247 e. The van der Waals surface area contributed by atoms with Gasteiger partial charge in [-0.25, -0.2) is 0 Å². The largest absolute Gasteiger partial charge is 0.326 e. The molecule has 0 saturated heterocycles. The lowest BCUT2D eigenvalue weighted by Gasteiger charge is -2.34. The Balaban J connectivity index is 1.95. The summed E-state index contributed by atoms with van der Waals surface area (Å²) < 4.78 is 0. The maximum atomic E-state index is 6.22. The molecule has 0 aliphatic heterocycles. The second kappa shape index (κ2) is 4.55. The standard InChI is InChI=1S/C16H21N/c1-16(2,3)10-6-9-15(17)14-11-12-7-4-5-8-13(12)14/h4-5,7-8,14-15H,9,11,17H2,1-3H3. The van der Waals surface area contributed by atoms with Crippen LogP contribution in [0.25, 0.3) is 0 Å². The van der Waals surface area contributed by atoms with E-state index in [0.29, 0.717) is 5.92 Å². The Hall–Kier alpha value is -1.26. The van der Waals surface area contributed by atoms with Gasteiger partial charge < -0.3 is 5.73 Å². The number of nitrogens with two attached hydrogens (primary N) is 1. The first kappa shape index (κ1) is 12.2. The van der Waals surface area contributed by atoms with Gasteiger partial charge in [-0.3, -0.25) is 0 Å². The van der Waals surface area contributed by atoms with Crippen molar-refractivity contribution < 1.29 is 0 Å². The van der Waals surface area contributed by atoms with Gasteiger partial charge >= 0.3 is 0 Å². The third-order valence-electron chi connectivity index (χ3n) is 3.21. The van der Waals surface area contributed by atoms with E-state index in [1.54, 1.807) is 0 Å². The summed E-state index contributed by atoms with van der Waals surface area (Å²) in [6.45, 7) is 6.39. The molecule has 2 unspecified atom stereocenters. The lowest BCUT2D eigenvalue weighted by molar-refractivity contribution is 0.489. The van der Waals surface area contributed by atoms with Crippen LogP contribution in [-0.2, 0) is 6.42 Å². The van der Waals surface area contributed by atoms with Crippen LogP contribution in [0.2, 0.25) is 0 Å². The highest BCUT2D eigenvalue weighted by atomic mass is 14.7. The lowest BCUT2D eigenvalue weighted by atomic mass is 9.73. The molecule has 1 aliphatic rings. The first-order chi connectivity index (χ1) is 7.97. The molecule has 0 saturated carbocycles. The Morgan fingerprint density at radius 3 is 2.71 bits per heavy atom. The first-order valence-electron chi connectivity index (χ1n) is 6.31. The second-order valence-electron chi connectivity index (χ2n) is 5.93. The molecule has 1 aliphatic carbocycles. The van der Waals surface area contributed by atoms with Crippen LogP contribution in [-0.4, -0.2) is 6.04 Å². The van der Waals surface area contributed by atoms with Crippen LogP contribution in [0.3, 0.4) is 0 Å². The molecule has 1 nitrogen and oxygen atoms in total. The van der Waals surface area contributed by atoms with E-state index >= 15 is 0 Å². The van der Waals surface area contributed by atoms with E-state index in [4.69, 9.17) is 5.73 Å². The topological polar surface area (TPSA) is 26.0 Å². The molecule has 0 bridgehead atoms. The highest BCUT2D eigenvalue weighted by Gasteiger charge is 2.29. The Kier molecular flexibility index (Phi) is 3.26. The van der Waals surface area contributed by atoms with Gasteiger partial charge in [-0.15, -0.1) is 5.92 Å². The zero-order chi connectivity index (χ0) is 12.5. The zero-order valence-corrected chi connectivity index (χ0v) is 11.0. The average molecular weight is 227 g/mol. The number of hydrogen-bond donors (Lipinski definition) is 1. The molecule has 0 aromatic heterocycles.